The first-order chi connectivity index (χ1) is 8.31. The molecule has 4 heteroatoms. The topological polar surface area (TPSA) is 3.24 Å². The first kappa shape index (κ1) is 14.9. The molecule has 1 aromatic rings. The van der Waals surface area contributed by atoms with E-state index in [1.807, 2.05) is 27.7 Å². The van der Waals surface area contributed by atoms with E-state index in [-0.39, 0.29) is 6.04 Å². The summed E-state index contributed by atoms with van der Waals surface area (Å²) in [5.74, 6) is 0. The van der Waals surface area contributed by atoms with Gasteiger partial charge in [-0.25, -0.2) is 0 Å². The second-order valence-corrected chi connectivity index (χ2v) is 4.57. The molecule has 0 amide bonds. The summed E-state index contributed by atoms with van der Waals surface area (Å²) in [4.78, 5) is 2.11. The van der Waals surface area contributed by atoms with Crippen LogP contribution in [-0.4, -0.2) is 12.6 Å². The van der Waals surface area contributed by atoms with Crippen LogP contribution in [0.1, 0.15) is 38.8 Å². The normalized spacial score (nSPS) is 12.0. The Hall–Kier alpha value is -1.19. The summed E-state index contributed by atoms with van der Waals surface area (Å²) in [5.41, 5.74) is 1.09. The lowest BCUT2D eigenvalue weighted by molar-refractivity contribution is -0.137. The van der Waals surface area contributed by atoms with Crippen LogP contribution in [0.3, 0.4) is 0 Å². The summed E-state index contributed by atoms with van der Waals surface area (Å²) < 4.78 is 38.0. The fourth-order valence-electron chi connectivity index (χ4n) is 2.14. The van der Waals surface area contributed by atoms with Gasteiger partial charge in [0, 0.05) is 18.3 Å². The van der Waals surface area contributed by atoms with Crippen molar-refractivity contribution in [3.63, 3.8) is 0 Å². The van der Waals surface area contributed by atoms with Crippen LogP contribution in [0.2, 0.25) is 0 Å². The van der Waals surface area contributed by atoms with Crippen molar-refractivity contribution in [3.8, 4) is 0 Å². The molecule has 0 radical (unpaired) electrons. The highest BCUT2D eigenvalue weighted by Gasteiger charge is 2.31. The minimum atomic E-state index is -4.27. The highest BCUT2D eigenvalue weighted by Crippen LogP contribution is 2.33. The van der Waals surface area contributed by atoms with Crippen LogP contribution >= 0.6 is 0 Å². The number of aryl methyl sites for hydroxylation is 1. The van der Waals surface area contributed by atoms with Crippen molar-refractivity contribution < 1.29 is 13.2 Å². The molecule has 0 heterocycles. The van der Waals surface area contributed by atoms with Gasteiger partial charge in [-0.1, -0.05) is 6.92 Å². The van der Waals surface area contributed by atoms with Crippen molar-refractivity contribution in [2.45, 2.75) is 46.3 Å². The lowest BCUT2D eigenvalue weighted by Crippen LogP contribution is -2.31. The van der Waals surface area contributed by atoms with Crippen LogP contribution < -0.4 is 4.90 Å². The maximum atomic E-state index is 12.7. The molecule has 0 saturated carbocycles. The molecule has 0 aliphatic carbocycles. The summed E-state index contributed by atoms with van der Waals surface area (Å²) in [6.07, 6.45) is -3.67. The van der Waals surface area contributed by atoms with Gasteiger partial charge in [-0.3, -0.25) is 0 Å². The monoisotopic (exact) mass is 259 g/mol. The van der Waals surface area contributed by atoms with Crippen LogP contribution in [-0.2, 0) is 12.6 Å². The first-order valence-electron chi connectivity index (χ1n) is 6.28. The number of benzene rings is 1. The Morgan fingerprint density at radius 3 is 2.17 bits per heavy atom. The van der Waals surface area contributed by atoms with Crippen molar-refractivity contribution in [2.24, 2.45) is 0 Å². The molecule has 0 aromatic heterocycles. The third-order valence-electron chi connectivity index (χ3n) is 3.06. The van der Waals surface area contributed by atoms with Crippen molar-refractivity contribution in [3.05, 3.63) is 29.3 Å². The molecule has 1 aromatic carbocycles. The summed E-state index contributed by atoms with van der Waals surface area (Å²) in [5, 5.41) is 0. The molecular weight excluding hydrogens is 239 g/mol. The van der Waals surface area contributed by atoms with E-state index in [0.717, 1.165) is 17.8 Å². The number of hydrogen-bond acceptors (Lipinski definition) is 1. The van der Waals surface area contributed by atoms with Gasteiger partial charge in [0.05, 0.1) is 5.56 Å². The van der Waals surface area contributed by atoms with E-state index < -0.39 is 11.7 Å². The molecule has 1 nitrogen and oxygen atoms in total. The van der Waals surface area contributed by atoms with Gasteiger partial charge in [0.1, 0.15) is 0 Å². The Balaban J connectivity index is 3.23. The number of halogens is 3. The summed E-state index contributed by atoms with van der Waals surface area (Å²) in [6, 6.07) is 4.29. The molecule has 102 valence electrons. The van der Waals surface area contributed by atoms with Crippen molar-refractivity contribution in [2.75, 3.05) is 11.4 Å². The zero-order valence-electron chi connectivity index (χ0n) is 11.3. The van der Waals surface area contributed by atoms with Gasteiger partial charge in [0.2, 0.25) is 0 Å². The predicted molar refractivity (Wildman–Crippen MR) is 69.0 cm³/mol. The zero-order chi connectivity index (χ0) is 13.9. The average molecular weight is 259 g/mol. The molecule has 0 aliphatic rings. The van der Waals surface area contributed by atoms with Gasteiger partial charge in [0.15, 0.2) is 0 Å². The summed E-state index contributed by atoms with van der Waals surface area (Å²) in [7, 11) is 0. The number of nitrogens with zero attached hydrogens (tertiary/aromatic N) is 1. The van der Waals surface area contributed by atoms with Crippen LogP contribution in [0, 0.1) is 0 Å². The molecule has 0 saturated heterocycles. The van der Waals surface area contributed by atoms with Gasteiger partial charge in [-0.15, -0.1) is 0 Å². The second kappa shape index (κ2) is 5.63. The lowest BCUT2D eigenvalue weighted by atomic mass is 10.0. The van der Waals surface area contributed by atoms with E-state index >= 15 is 0 Å². The van der Waals surface area contributed by atoms with Crippen molar-refractivity contribution >= 4 is 5.69 Å². The minimum absolute atomic E-state index is 0.275. The largest absolute Gasteiger partial charge is 0.416 e. The van der Waals surface area contributed by atoms with E-state index in [0.29, 0.717) is 6.42 Å². The van der Waals surface area contributed by atoms with E-state index in [1.54, 1.807) is 6.07 Å². The molecule has 0 aliphatic heterocycles. The first-order valence-corrected chi connectivity index (χ1v) is 6.28. The van der Waals surface area contributed by atoms with Crippen LogP contribution in [0.5, 0.6) is 0 Å². The Morgan fingerprint density at radius 2 is 1.78 bits per heavy atom. The van der Waals surface area contributed by atoms with E-state index in [1.165, 1.54) is 12.1 Å². The molecule has 18 heavy (non-hydrogen) atoms. The Labute approximate surface area is 107 Å². The van der Waals surface area contributed by atoms with Gasteiger partial charge < -0.3 is 4.90 Å². The van der Waals surface area contributed by atoms with Crippen LogP contribution in [0.15, 0.2) is 18.2 Å². The zero-order valence-corrected chi connectivity index (χ0v) is 11.3. The molecule has 0 spiro atoms. The van der Waals surface area contributed by atoms with Gasteiger partial charge in [-0.05, 0) is 51.0 Å². The highest BCUT2D eigenvalue weighted by atomic mass is 19.4. The fourth-order valence-corrected chi connectivity index (χ4v) is 2.14. The SMILES string of the molecule is CCc1cc(C(F)(F)F)ccc1N(CC)C(C)C. The Morgan fingerprint density at radius 1 is 1.17 bits per heavy atom. The maximum absolute atomic E-state index is 12.7. The molecular formula is C14H20F3N. The van der Waals surface area contributed by atoms with E-state index in [9.17, 15) is 13.2 Å². The Kier molecular flexibility index (Phi) is 4.65. The smallest absolute Gasteiger partial charge is 0.369 e. The highest BCUT2D eigenvalue weighted by molar-refractivity contribution is 5.56. The molecule has 0 fully saturated rings. The Bertz CT molecular complexity index is 397. The quantitative estimate of drug-likeness (QED) is 0.769. The summed E-state index contributed by atoms with van der Waals surface area (Å²) in [6.45, 7) is 8.77. The van der Waals surface area contributed by atoms with Crippen LogP contribution in [0.25, 0.3) is 0 Å². The maximum Gasteiger partial charge on any atom is 0.416 e. The van der Waals surface area contributed by atoms with E-state index in [4.69, 9.17) is 0 Å². The molecule has 0 N–H and O–H groups in total. The average Bonchev–Trinajstić information content (AvgIpc) is 2.28. The molecule has 0 atom stereocenters. The number of anilines is 1. The van der Waals surface area contributed by atoms with Crippen molar-refractivity contribution in [1.29, 1.82) is 0 Å². The standard InChI is InChI=1S/C14H20F3N/c1-5-11-9-12(14(15,16)17)7-8-13(11)18(6-2)10(3)4/h7-10H,5-6H2,1-4H3. The van der Waals surface area contributed by atoms with Gasteiger partial charge in [0.25, 0.3) is 0 Å². The number of hydrogen-bond donors (Lipinski definition) is 0. The van der Waals surface area contributed by atoms with Gasteiger partial charge >= 0.3 is 6.18 Å². The minimum Gasteiger partial charge on any atom is -0.369 e. The molecule has 0 bridgehead atoms. The second-order valence-electron chi connectivity index (χ2n) is 4.57. The summed E-state index contributed by atoms with van der Waals surface area (Å²) >= 11 is 0. The van der Waals surface area contributed by atoms with Gasteiger partial charge in [-0.2, -0.15) is 13.2 Å². The predicted octanol–water partition coefficient (Wildman–Crippen LogP) is 4.50. The lowest BCUT2D eigenvalue weighted by Gasteiger charge is -2.30. The van der Waals surface area contributed by atoms with Crippen molar-refractivity contribution in [1.82, 2.24) is 0 Å². The third-order valence-corrected chi connectivity index (χ3v) is 3.06. The van der Waals surface area contributed by atoms with Crippen LogP contribution in [0.4, 0.5) is 18.9 Å². The third kappa shape index (κ3) is 3.18. The molecule has 0 unspecified atom stereocenters. The molecule has 1 rings (SSSR count). The number of alkyl halides is 3. The van der Waals surface area contributed by atoms with E-state index in [2.05, 4.69) is 4.90 Å². The fraction of sp³-hybridized carbons (Fsp3) is 0.571. The number of rotatable bonds is 4.